The third-order valence-corrected chi connectivity index (χ3v) is 4.50. The van der Waals surface area contributed by atoms with Gasteiger partial charge in [-0.1, -0.05) is 17.7 Å². The van der Waals surface area contributed by atoms with E-state index in [2.05, 4.69) is 20.5 Å². The first-order chi connectivity index (χ1) is 12.1. The van der Waals surface area contributed by atoms with E-state index in [4.69, 9.17) is 11.6 Å². The number of carbonyl (C=O) groups excluding carboxylic acids is 1. The zero-order valence-electron chi connectivity index (χ0n) is 12.5. The number of halogens is 1. The lowest BCUT2D eigenvalue weighted by Crippen LogP contribution is -2.29. The van der Waals surface area contributed by atoms with Crippen LogP contribution < -0.4 is 11.0 Å². The van der Waals surface area contributed by atoms with Crippen LogP contribution in [0.1, 0.15) is 16.1 Å². The maximum atomic E-state index is 12.3. The first-order valence-corrected chi connectivity index (χ1v) is 8.32. The topological polar surface area (TPSA) is 93.1 Å². The Morgan fingerprint density at radius 2 is 2.20 bits per heavy atom. The van der Waals surface area contributed by atoms with Crippen molar-refractivity contribution >= 4 is 45.7 Å². The van der Waals surface area contributed by atoms with Crippen molar-refractivity contribution in [1.29, 1.82) is 0 Å². The Hall–Kier alpha value is -3.04. The summed E-state index contributed by atoms with van der Waals surface area (Å²) in [5, 5.41) is 5.99. The molecule has 0 saturated heterocycles. The smallest absolute Gasteiger partial charge is 0.278 e. The molecule has 0 aliphatic rings. The fourth-order valence-corrected chi connectivity index (χ4v) is 3.28. The van der Waals surface area contributed by atoms with E-state index >= 15 is 0 Å². The summed E-state index contributed by atoms with van der Waals surface area (Å²) < 4.78 is 3.04. The summed E-state index contributed by atoms with van der Waals surface area (Å²) in [4.78, 5) is 33.5. The van der Waals surface area contributed by atoms with E-state index in [-0.39, 0.29) is 10.7 Å². The van der Waals surface area contributed by atoms with E-state index in [1.807, 2.05) is 5.38 Å². The zero-order chi connectivity index (χ0) is 17.4. The van der Waals surface area contributed by atoms with Gasteiger partial charge in [-0.2, -0.15) is 5.10 Å². The minimum absolute atomic E-state index is 0.110. The molecule has 1 N–H and O–H groups in total. The van der Waals surface area contributed by atoms with Crippen molar-refractivity contribution in [3.63, 3.8) is 0 Å². The average Bonchev–Trinajstić information content (AvgIpc) is 3.17. The van der Waals surface area contributed by atoms with E-state index in [9.17, 15) is 9.59 Å². The number of carbonyl (C=O) groups is 1. The van der Waals surface area contributed by atoms with Crippen LogP contribution in [0.4, 0.5) is 0 Å². The molecular formula is C15H9ClN6O2S. The Balaban J connectivity index is 1.60. The van der Waals surface area contributed by atoms with Crippen molar-refractivity contribution in [2.24, 2.45) is 5.10 Å². The van der Waals surface area contributed by atoms with E-state index in [0.29, 0.717) is 11.3 Å². The summed E-state index contributed by atoms with van der Waals surface area (Å²) in [5.41, 5.74) is 2.72. The number of hydrazone groups is 1. The third kappa shape index (κ3) is 2.69. The fourth-order valence-electron chi connectivity index (χ4n) is 2.29. The van der Waals surface area contributed by atoms with Crippen LogP contribution in [0.3, 0.4) is 0 Å². The molecule has 0 aliphatic heterocycles. The second kappa shape index (κ2) is 6.11. The molecule has 4 rings (SSSR count). The minimum atomic E-state index is -0.658. The van der Waals surface area contributed by atoms with Crippen LogP contribution >= 0.6 is 22.9 Å². The summed E-state index contributed by atoms with van der Waals surface area (Å²) >= 11 is 7.47. The summed E-state index contributed by atoms with van der Waals surface area (Å²) in [6.07, 6.45) is 5.94. The second-order valence-electron chi connectivity index (χ2n) is 4.95. The van der Waals surface area contributed by atoms with Crippen LogP contribution in [0.5, 0.6) is 0 Å². The molecule has 4 aromatic rings. The quantitative estimate of drug-likeness (QED) is 0.438. The highest BCUT2D eigenvalue weighted by molar-refractivity contribution is 7.15. The Morgan fingerprint density at radius 3 is 3.08 bits per heavy atom. The molecule has 4 heterocycles. The van der Waals surface area contributed by atoms with Gasteiger partial charge in [-0.3, -0.25) is 18.4 Å². The van der Waals surface area contributed by atoms with Gasteiger partial charge in [-0.15, -0.1) is 11.3 Å². The van der Waals surface area contributed by atoms with Gasteiger partial charge in [0.25, 0.3) is 11.5 Å². The van der Waals surface area contributed by atoms with Crippen LogP contribution in [0.15, 0.2) is 52.1 Å². The van der Waals surface area contributed by atoms with E-state index in [0.717, 1.165) is 4.96 Å². The van der Waals surface area contributed by atoms with E-state index in [1.54, 1.807) is 35.0 Å². The summed E-state index contributed by atoms with van der Waals surface area (Å²) in [6.45, 7) is 0. The van der Waals surface area contributed by atoms with Crippen molar-refractivity contribution < 1.29 is 4.79 Å². The van der Waals surface area contributed by atoms with Crippen LogP contribution in [0.25, 0.3) is 10.6 Å². The molecule has 0 saturated carbocycles. The number of aromatic nitrogens is 4. The molecule has 1 amide bonds. The molecule has 124 valence electrons. The highest BCUT2D eigenvalue weighted by atomic mass is 35.5. The number of fused-ring (bicyclic) bond motifs is 2. The third-order valence-electron chi connectivity index (χ3n) is 3.47. The molecule has 0 atom stereocenters. The first-order valence-electron chi connectivity index (χ1n) is 7.06. The Labute approximate surface area is 149 Å². The standard InChI is InChI=1S/C15H9ClN6O2S/c16-12-10(21-5-6-25-15(21)19-12)8-18-20-13(23)9-7-17-11-3-1-2-4-22(11)14(9)24/h1-8H,(H,20,23)/b18-8+. The van der Waals surface area contributed by atoms with Gasteiger partial charge in [-0.05, 0) is 12.1 Å². The Kier molecular flexibility index (Phi) is 3.79. The largest absolute Gasteiger partial charge is 0.288 e. The highest BCUT2D eigenvalue weighted by Crippen LogP contribution is 2.19. The Morgan fingerprint density at radius 1 is 1.32 bits per heavy atom. The molecular weight excluding hydrogens is 364 g/mol. The highest BCUT2D eigenvalue weighted by Gasteiger charge is 2.13. The normalized spacial score (nSPS) is 11.6. The molecule has 8 nitrogen and oxygen atoms in total. The van der Waals surface area contributed by atoms with Gasteiger partial charge in [-0.25, -0.2) is 15.4 Å². The maximum absolute atomic E-state index is 12.3. The van der Waals surface area contributed by atoms with Crippen LogP contribution in [0.2, 0.25) is 5.15 Å². The molecule has 4 aromatic heterocycles. The van der Waals surface area contributed by atoms with Crippen LogP contribution in [0, 0.1) is 0 Å². The summed E-state index contributed by atoms with van der Waals surface area (Å²) in [7, 11) is 0. The summed E-state index contributed by atoms with van der Waals surface area (Å²) in [6, 6.07) is 5.12. The SMILES string of the molecule is O=C(N/N=C/c1c(Cl)nc2sccn12)c1cnc2ccccn2c1=O. The number of imidazole rings is 1. The molecule has 0 radical (unpaired) electrons. The number of hydrogen-bond donors (Lipinski definition) is 1. The lowest BCUT2D eigenvalue weighted by Gasteiger charge is -2.02. The van der Waals surface area contributed by atoms with Gasteiger partial charge in [0.2, 0.25) is 0 Å². The summed E-state index contributed by atoms with van der Waals surface area (Å²) in [5.74, 6) is -0.658. The second-order valence-corrected chi connectivity index (χ2v) is 6.18. The Bertz CT molecular complexity index is 1190. The lowest BCUT2D eigenvalue weighted by molar-refractivity contribution is 0.0953. The molecule has 0 aromatic carbocycles. The number of rotatable bonds is 3. The fraction of sp³-hybridized carbons (Fsp3) is 0. The van der Waals surface area contributed by atoms with Gasteiger partial charge in [0, 0.05) is 24.0 Å². The van der Waals surface area contributed by atoms with Gasteiger partial charge < -0.3 is 0 Å². The predicted molar refractivity (Wildman–Crippen MR) is 94.6 cm³/mol. The number of hydrogen-bond acceptors (Lipinski definition) is 6. The van der Waals surface area contributed by atoms with Gasteiger partial charge in [0.15, 0.2) is 10.1 Å². The number of nitrogens with one attached hydrogen (secondary N) is 1. The first kappa shape index (κ1) is 15.5. The molecule has 0 aliphatic carbocycles. The van der Waals surface area contributed by atoms with E-state index in [1.165, 1.54) is 28.1 Å². The number of amides is 1. The van der Waals surface area contributed by atoms with Crippen molar-refractivity contribution in [2.45, 2.75) is 0 Å². The van der Waals surface area contributed by atoms with Crippen molar-refractivity contribution in [1.82, 2.24) is 24.2 Å². The molecule has 25 heavy (non-hydrogen) atoms. The average molecular weight is 373 g/mol. The maximum Gasteiger partial charge on any atom is 0.278 e. The lowest BCUT2D eigenvalue weighted by atomic mass is 10.3. The zero-order valence-corrected chi connectivity index (χ0v) is 14.0. The number of nitrogens with zero attached hydrogens (tertiary/aromatic N) is 5. The monoisotopic (exact) mass is 372 g/mol. The van der Waals surface area contributed by atoms with Gasteiger partial charge >= 0.3 is 0 Å². The molecule has 0 fully saturated rings. The van der Waals surface area contributed by atoms with Crippen molar-refractivity contribution in [3.05, 3.63) is 68.9 Å². The van der Waals surface area contributed by atoms with Gasteiger partial charge in [0.1, 0.15) is 16.9 Å². The van der Waals surface area contributed by atoms with E-state index < -0.39 is 11.5 Å². The molecule has 0 bridgehead atoms. The number of thiazole rings is 1. The molecule has 0 unspecified atom stereocenters. The minimum Gasteiger partial charge on any atom is -0.288 e. The molecule has 10 heteroatoms. The predicted octanol–water partition coefficient (Wildman–Crippen LogP) is 1.82. The molecule has 0 spiro atoms. The van der Waals surface area contributed by atoms with Crippen molar-refractivity contribution in [2.75, 3.05) is 0 Å². The van der Waals surface area contributed by atoms with Gasteiger partial charge in [0.05, 0.1) is 6.21 Å². The van der Waals surface area contributed by atoms with Crippen molar-refractivity contribution in [3.8, 4) is 0 Å². The van der Waals surface area contributed by atoms with Crippen LogP contribution in [-0.2, 0) is 0 Å². The number of pyridine rings is 1. The van der Waals surface area contributed by atoms with Crippen LogP contribution in [-0.4, -0.2) is 30.9 Å².